The van der Waals surface area contributed by atoms with Gasteiger partial charge in [-0.05, 0) is 43.2 Å². The molecule has 4 heterocycles. The Kier molecular flexibility index (Phi) is 5.32. The molecule has 4 aromatic rings. The smallest absolute Gasteiger partial charge is 0.251 e. The van der Waals surface area contributed by atoms with E-state index in [4.69, 9.17) is 0 Å². The van der Waals surface area contributed by atoms with Gasteiger partial charge in [0.25, 0.3) is 5.91 Å². The second-order valence-electron chi connectivity index (χ2n) is 7.68. The van der Waals surface area contributed by atoms with Crippen LogP contribution in [0, 0.1) is 0 Å². The lowest BCUT2D eigenvalue weighted by Crippen LogP contribution is -2.32. The Morgan fingerprint density at radius 1 is 1.19 bits per heavy atom. The first-order chi connectivity index (χ1) is 15.7. The first-order valence-electron chi connectivity index (χ1n) is 10.5. The zero-order chi connectivity index (χ0) is 21.9. The van der Waals surface area contributed by atoms with Gasteiger partial charge in [0.1, 0.15) is 12.0 Å². The summed E-state index contributed by atoms with van der Waals surface area (Å²) in [6, 6.07) is 11.2. The minimum Gasteiger partial charge on any atom is -0.378 e. The van der Waals surface area contributed by atoms with Gasteiger partial charge in [0.05, 0.1) is 18.3 Å². The number of benzene rings is 1. The summed E-state index contributed by atoms with van der Waals surface area (Å²) in [4.78, 5) is 21.0. The summed E-state index contributed by atoms with van der Waals surface area (Å²) in [7, 11) is 1.90. The van der Waals surface area contributed by atoms with Crippen LogP contribution in [0.25, 0.3) is 11.5 Å². The summed E-state index contributed by atoms with van der Waals surface area (Å²) < 4.78 is 3.85. The van der Waals surface area contributed by atoms with Crippen LogP contribution in [0.2, 0.25) is 0 Å². The van der Waals surface area contributed by atoms with Crippen LogP contribution in [0.3, 0.4) is 0 Å². The topological polar surface area (TPSA) is 115 Å². The van der Waals surface area contributed by atoms with Crippen molar-refractivity contribution in [2.75, 3.05) is 5.32 Å². The molecule has 5 rings (SSSR count). The summed E-state index contributed by atoms with van der Waals surface area (Å²) in [5, 5.41) is 19.3. The highest BCUT2D eigenvalue weighted by atomic mass is 16.1. The molecule has 1 aliphatic heterocycles. The Bertz CT molecular complexity index is 1230. The van der Waals surface area contributed by atoms with Crippen molar-refractivity contribution >= 4 is 11.6 Å². The van der Waals surface area contributed by atoms with Gasteiger partial charge < -0.3 is 15.2 Å². The van der Waals surface area contributed by atoms with Crippen LogP contribution in [0.4, 0.5) is 5.69 Å². The maximum absolute atomic E-state index is 12.9. The van der Waals surface area contributed by atoms with Gasteiger partial charge in [0.15, 0.2) is 11.6 Å². The molecular formula is C22H23N9O. The van der Waals surface area contributed by atoms with Crippen LogP contribution in [0.1, 0.15) is 40.8 Å². The van der Waals surface area contributed by atoms with E-state index in [1.54, 1.807) is 18.5 Å². The summed E-state index contributed by atoms with van der Waals surface area (Å²) in [6.07, 6.45) is 6.85. The van der Waals surface area contributed by atoms with E-state index >= 15 is 0 Å². The third kappa shape index (κ3) is 3.94. The first kappa shape index (κ1) is 19.9. The van der Waals surface area contributed by atoms with E-state index in [1.807, 2.05) is 46.6 Å². The largest absolute Gasteiger partial charge is 0.378 e. The van der Waals surface area contributed by atoms with Crippen molar-refractivity contribution in [3.8, 4) is 11.5 Å². The molecule has 10 nitrogen and oxygen atoms in total. The lowest BCUT2D eigenvalue weighted by molar-refractivity contribution is 0.0928. The van der Waals surface area contributed by atoms with Crippen molar-refractivity contribution < 1.29 is 4.79 Å². The minimum absolute atomic E-state index is 0.0192. The molecule has 10 heteroatoms. The highest BCUT2D eigenvalue weighted by Gasteiger charge is 2.23. The standard InChI is InChI=1S/C22H23N9O/c1-30-20(28-29-21(30)18-7-9-23-14-25-18)13-24-16-5-2-4-15(12-16)22(32)27-17-6-3-11-31-19(17)8-10-26-31/h2,4-5,7-10,12,14,17,24H,3,6,11,13H2,1H3,(H,27,32). The lowest BCUT2D eigenvalue weighted by Gasteiger charge is -2.24. The molecule has 1 amide bonds. The fraction of sp³-hybridized carbons (Fsp3) is 0.273. The van der Waals surface area contributed by atoms with Crippen LogP contribution in [-0.4, -0.2) is 40.4 Å². The summed E-state index contributed by atoms with van der Waals surface area (Å²) >= 11 is 0. The summed E-state index contributed by atoms with van der Waals surface area (Å²) in [5.41, 5.74) is 3.20. The number of fused-ring (bicyclic) bond motifs is 1. The highest BCUT2D eigenvalue weighted by molar-refractivity contribution is 5.95. The molecule has 0 fully saturated rings. The zero-order valence-corrected chi connectivity index (χ0v) is 17.6. The Morgan fingerprint density at radius 2 is 2.12 bits per heavy atom. The summed E-state index contributed by atoms with van der Waals surface area (Å²) in [5.74, 6) is 1.32. The van der Waals surface area contributed by atoms with E-state index < -0.39 is 0 Å². The van der Waals surface area contributed by atoms with E-state index in [0.29, 0.717) is 23.6 Å². The quantitative estimate of drug-likeness (QED) is 0.483. The number of rotatable bonds is 6. The van der Waals surface area contributed by atoms with E-state index in [1.165, 1.54) is 6.33 Å². The van der Waals surface area contributed by atoms with Gasteiger partial charge in [-0.1, -0.05) is 6.07 Å². The Balaban J connectivity index is 1.25. The maximum atomic E-state index is 12.9. The van der Waals surface area contributed by atoms with Crippen LogP contribution >= 0.6 is 0 Å². The van der Waals surface area contributed by atoms with Crippen molar-refractivity contribution in [3.63, 3.8) is 0 Å². The predicted molar refractivity (Wildman–Crippen MR) is 117 cm³/mol. The number of nitrogens with zero attached hydrogens (tertiary/aromatic N) is 7. The average Bonchev–Trinajstić information content (AvgIpc) is 3.46. The third-order valence-corrected chi connectivity index (χ3v) is 5.63. The van der Waals surface area contributed by atoms with Crippen LogP contribution in [0.5, 0.6) is 0 Å². The number of amides is 1. The number of carbonyl (C=O) groups excluding carboxylic acids is 1. The van der Waals surface area contributed by atoms with Gasteiger partial charge in [0.2, 0.25) is 0 Å². The van der Waals surface area contributed by atoms with Gasteiger partial charge in [-0.15, -0.1) is 10.2 Å². The normalized spacial score (nSPS) is 15.2. The van der Waals surface area contributed by atoms with Gasteiger partial charge in [0, 0.05) is 37.2 Å². The van der Waals surface area contributed by atoms with Gasteiger partial charge in [-0.3, -0.25) is 9.48 Å². The summed E-state index contributed by atoms with van der Waals surface area (Å²) in [6.45, 7) is 1.36. The number of anilines is 1. The maximum Gasteiger partial charge on any atom is 0.251 e. The van der Waals surface area contributed by atoms with Gasteiger partial charge in [-0.2, -0.15) is 5.10 Å². The molecule has 1 unspecified atom stereocenters. The van der Waals surface area contributed by atoms with E-state index in [9.17, 15) is 4.79 Å². The van der Waals surface area contributed by atoms with Crippen molar-refractivity contribution in [1.82, 2.24) is 39.8 Å². The van der Waals surface area contributed by atoms with Crippen LogP contribution in [0.15, 0.2) is 55.1 Å². The van der Waals surface area contributed by atoms with E-state index in [-0.39, 0.29) is 11.9 Å². The Hall–Kier alpha value is -4.08. The third-order valence-electron chi connectivity index (χ3n) is 5.63. The molecule has 32 heavy (non-hydrogen) atoms. The lowest BCUT2D eigenvalue weighted by atomic mass is 10.0. The fourth-order valence-electron chi connectivity index (χ4n) is 3.92. The number of carbonyl (C=O) groups is 1. The molecular weight excluding hydrogens is 406 g/mol. The van der Waals surface area contributed by atoms with Crippen molar-refractivity contribution in [3.05, 3.63) is 72.2 Å². The van der Waals surface area contributed by atoms with Crippen LogP contribution < -0.4 is 10.6 Å². The number of hydrogen-bond donors (Lipinski definition) is 2. The highest BCUT2D eigenvalue weighted by Crippen LogP contribution is 2.24. The SMILES string of the molecule is Cn1c(CNc2cccc(C(=O)NC3CCCn4nccc43)c2)nnc1-c1ccncn1. The average molecular weight is 429 g/mol. The second kappa shape index (κ2) is 8.58. The number of hydrogen-bond acceptors (Lipinski definition) is 7. The molecule has 1 aromatic carbocycles. The molecule has 3 aromatic heterocycles. The minimum atomic E-state index is -0.0991. The number of aryl methyl sites for hydroxylation is 1. The second-order valence-corrected chi connectivity index (χ2v) is 7.68. The van der Waals surface area contributed by atoms with Gasteiger partial charge in [-0.25, -0.2) is 9.97 Å². The number of nitrogens with one attached hydrogen (secondary N) is 2. The Morgan fingerprint density at radius 3 is 3.00 bits per heavy atom. The van der Waals surface area contributed by atoms with Crippen molar-refractivity contribution in [1.29, 1.82) is 0 Å². The van der Waals surface area contributed by atoms with Crippen molar-refractivity contribution in [2.45, 2.75) is 32.0 Å². The number of aromatic nitrogens is 7. The van der Waals surface area contributed by atoms with Gasteiger partial charge >= 0.3 is 0 Å². The van der Waals surface area contributed by atoms with E-state index in [0.717, 1.165) is 36.6 Å². The van der Waals surface area contributed by atoms with E-state index in [2.05, 4.69) is 35.9 Å². The molecule has 162 valence electrons. The molecule has 0 saturated carbocycles. The monoisotopic (exact) mass is 429 g/mol. The Labute approximate surface area is 184 Å². The van der Waals surface area contributed by atoms with Crippen LogP contribution in [-0.2, 0) is 20.1 Å². The first-order valence-corrected chi connectivity index (χ1v) is 10.5. The molecule has 0 saturated heterocycles. The molecule has 0 radical (unpaired) electrons. The molecule has 1 atom stereocenters. The molecule has 1 aliphatic rings. The zero-order valence-electron chi connectivity index (χ0n) is 17.6. The molecule has 0 bridgehead atoms. The fourth-order valence-corrected chi connectivity index (χ4v) is 3.92. The predicted octanol–water partition coefficient (Wildman–Crippen LogP) is 2.35. The molecule has 0 aliphatic carbocycles. The molecule has 0 spiro atoms. The van der Waals surface area contributed by atoms with Crippen molar-refractivity contribution in [2.24, 2.45) is 7.05 Å². The molecule has 2 N–H and O–H groups in total.